The van der Waals surface area contributed by atoms with Crippen LogP contribution in [0.2, 0.25) is 0 Å². The van der Waals surface area contributed by atoms with Crippen LogP contribution in [-0.2, 0) is 9.47 Å². The van der Waals surface area contributed by atoms with Crippen LogP contribution < -0.4 is 0 Å². The van der Waals surface area contributed by atoms with Gasteiger partial charge in [-0.15, -0.1) is 0 Å². The average Bonchev–Trinajstić information content (AvgIpc) is 1.97. The highest BCUT2D eigenvalue weighted by Gasteiger charge is 1.87. The molecule has 0 heterocycles. The van der Waals surface area contributed by atoms with Crippen LogP contribution in [-0.4, -0.2) is 27.4 Å². The monoisotopic (exact) mass is 146 g/mol. The fourth-order valence-electron chi connectivity index (χ4n) is 0.846. The van der Waals surface area contributed by atoms with Crippen molar-refractivity contribution in [2.24, 2.45) is 0 Å². The van der Waals surface area contributed by atoms with Crippen molar-refractivity contribution in [3.63, 3.8) is 0 Å². The summed E-state index contributed by atoms with van der Waals surface area (Å²) >= 11 is 0. The summed E-state index contributed by atoms with van der Waals surface area (Å²) in [4.78, 5) is 0. The second kappa shape index (κ2) is 8.92. The highest BCUT2D eigenvalue weighted by atomic mass is 16.5. The second-order valence-corrected chi connectivity index (χ2v) is 2.40. The van der Waals surface area contributed by atoms with Gasteiger partial charge in [0.05, 0.1) is 0 Å². The van der Waals surface area contributed by atoms with Crippen molar-refractivity contribution in [2.75, 3.05) is 27.4 Å². The van der Waals surface area contributed by atoms with E-state index in [2.05, 4.69) is 0 Å². The molecule has 2 nitrogen and oxygen atoms in total. The lowest BCUT2D eigenvalue weighted by Gasteiger charge is -1.98. The molecule has 62 valence electrons. The highest BCUT2D eigenvalue weighted by Crippen LogP contribution is 1.99. The Labute approximate surface area is 63.5 Å². The maximum Gasteiger partial charge on any atom is 0.0462 e. The van der Waals surface area contributed by atoms with Crippen LogP contribution in [0.5, 0.6) is 0 Å². The van der Waals surface area contributed by atoms with Crippen molar-refractivity contribution in [1.82, 2.24) is 0 Å². The van der Waals surface area contributed by atoms with E-state index in [4.69, 9.17) is 9.47 Å². The molecule has 0 aliphatic heterocycles. The first-order valence-corrected chi connectivity index (χ1v) is 3.89. The lowest BCUT2D eigenvalue weighted by molar-refractivity contribution is 0.180. The summed E-state index contributed by atoms with van der Waals surface area (Å²) in [6.07, 6.45) is 4.88. The third-order valence-corrected chi connectivity index (χ3v) is 1.45. The van der Waals surface area contributed by atoms with Gasteiger partial charge in [0, 0.05) is 27.4 Å². The maximum atomic E-state index is 4.92. The Kier molecular flexibility index (Phi) is 8.85. The summed E-state index contributed by atoms with van der Waals surface area (Å²) < 4.78 is 9.83. The molecule has 0 saturated carbocycles. The van der Waals surface area contributed by atoms with E-state index in [1.807, 2.05) is 0 Å². The van der Waals surface area contributed by atoms with Crippen LogP contribution in [0.1, 0.15) is 25.7 Å². The van der Waals surface area contributed by atoms with Crippen LogP contribution in [0.15, 0.2) is 0 Å². The van der Waals surface area contributed by atoms with Gasteiger partial charge in [-0.05, 0) is 12.8 Å². The van der Waals surface area contributed by atoms with Crippen LogP contribution in [0, 0.1) is 0 Å². The molecule has 0 fully saturated rings. The molecule has 0 aromatic heterocycles. The first kappa shape index (κ1) is 9.92. The van der Waals surface area contributed by atoms with Gasteiger partial charge in [0.15, 0.2) is 0 Å². The molecule has 0 saturated heterocycles. The Bertz CT molecular complexity index is 47.2. The minimum Gasteiger partial charge on any atom is -0.385 e. The predicted octanol–water partition coefficient (Wildman–Crippen LogP) is 1.84. The van der Waals surface area contributed by atoms with Crippen molar-refractivity contribution < 1.29 is 9.47 Å². The first-order chi connectivity index (χ1) is 4.91. The van der Waals surface area contributed by atoms with Crippen molar-refractivity contribution in [3.05, 3.63) is 0 Å². The van der Waals surface area contributed by atoms with Crippen molar-refractivity contribution in [3.8, 4) is 0 Å². The summed E-state index contributed by atoms with van der Waals surface area (Å²) in [5, 5.41) is 0. The van der Waals surface area contributed by atoms with Crippen molar-refractivity contribution in [1.29, 1.82) is 0 Å². The molecule has 0 amide bonds. The van der Waals surface area contributed by atoms with Crippen molar-refractivity contribution in [2.45, 2.75) is 25.7 Å². The van der Waals surface area contributed by atoms with E-state index in [0.717, 1.165) is 13.2 Å². The van der Waals surface area contributed by atoms with Gasteiger partial charge >= 0.3 is 0 Å². The average molecular weight is 146 g/mol. The van der Waals surface area contributed by atoms with E-state index >= 15 is 0 Å². The molecule has 0 bridgehead atoms. The lowest BCUT2D eigenvalue weighted by atomic mass is 10.2. The largest absolute Gasteiger partial charge is 0.385 e. The van der Waals surface area contributed by atoms with Gasteiger partial charge in [-0.1, -0.05) is 12.8 Å². The van der Waals surface area contributed by atoms with Gasteiger partial charge in [-0.3, -0.25) is 0 Å². The van der Waals surface area contributed by atoms with Crippen LogP contribution in [0.4, 0.5) is 0 Å². The molecule has 0 N–H and O–H groups in total. The van der Waals surface area contributed by atoms with Gasteiger partial charge in [0.2, 0.25) is 0 Å². The fourth-order valence-corrected chi connectivity index (χ4v) is 0.846. The second-order valence-electron chi connectivity index (χ2n) is 2.40. The Hall–Kier alpha value is -0.0800. The molecule has 0 radical (unpaired) electrons. The minimum atomic E-state index is 0.896. The minimum absolute atomic E-state index is 0.896. The molecule has 0 spiro atoms. The smallest absolute Gasteiger partial charge is 0.0462 e. The molecule has 0 rings (SSSR count). The lowest BCUT2D eigenvalue weighted by Crippen LogP contribution is -1.91. The summed E-state index contributed by atoms with van der Waals surface area (Å²) in [7, 11) is 3.49. The van der Waals surface area contributed by atoms with Crippen LogP contribution in [0.3, 0.4) is 0 Å². The molecular weight excluding hydrogens is 128 g/mol. The van der Waals surface area contributed by atoms with E-state index in [-0.39, 0.29) is 0 Å². The number of unbranched alkanes of at least 4 members (excludes halogenated alkanes) is 3. The standard InChI is InChI=1S/C8H18O2/c1-9-7-5-3-4-6-8-10-2/h3-8H2,1-2H3. The normalized spacial score (nSPS) is 10.2. The Morgan fingerprint density at radius 2 is 1.10 bits per heavy atom. The van der Waals surface area contributed by atoms with Crippen LogP contribution in [0.25, 0.3) is 0 Å². The summed E-state index contributed by atoms with van der Waals surface area (Å²) in [5.74, 6) is 0. The van der Waals surface area contributed by atoms with Gasteiger partial charge in [0.1, 0.15) is 0 Å². The third-order valence-electron chi connectivity index (χ3n) is 1.45. The number of rotatable bonds is 7. The SMILES string of the molecule is COCCCCCCOC. The number of ether oxygens (including phenoxy) is 2. The molecule has 0 aromatic rings. The predicted molar refractivity (Wildman–Crippen MR) is 42.2 cm³/mol. The van der Waals surface area contributed by atoms with E-state index in [1.165, 1.54) is 25.7 Å². The molecule has 0 atom stereocenters. The first-order valence-electron chi connectivity index (χ1n) is 3.89. The molecule has 0 unspecified atom stereocenters. The van der Waals surface area contributed by atoms with Crippen molar-refractivity contribution >= 4 is 0 Å². The topological polar surface area (TPSA) is 18.5 Å². The van der Waals surface area contributed by atoms with E-state index in [0.29, 0.717) is 0 Å². The quantitative estimate of drug-likeness (QED) is 0.510. The van der Waals surface area contributed by atoms with Crippen LogP contribution >= 0.6 is 0 Å². The Morgan fingerprint density at radius 3 is 1.40 bits per heavy atom. The van der Waals surface area contributed by atoms with Gasteiger partial charge in [0.25, 0.3) is 0 Å². The number of methoxy groups -OCH3 is 2. The molecule has 0 aliphatic rings. The Balaban J connectivity index is 2.65. The molecule has 0 aromatic carbocycles. The summed E-state index contributed by atoms with van der Waals surface area (Å²) in [6, 6.07) is 0. The van der Waals surface area contributed by atoms with Gasteiger partial charge in [-0.25, -0.2) is 0 Å². The zero-order chi connectivity index (χ0) is 7.66. The maximum absolute atomic E-state index is 4.92. The third kappa shape index (κ3) is 7.92. The van der Waals surface area contributed by atoms with E-state index in [9.17, 15) is 0 Å². The van der Waals surface area contributed by atoms with Gasteiger partial charge < -0.3 is 9.47 Å². The number of hydrogen-bond acceptors (Lipinski definition) is 2. The van der Waals surface area contributed by atoms with E-state index < -0.39 is 0 Å². The van der Waals surface area contributed by atoms with E-state index in [1.54, 1.807) is 14.2 Å². The fraction of sp³-hybridized carbons (Fsp3) is 1.00. The number of hydrogen-bond donors (Lipinski definition) is 0. The highest BCUT2D eigenvalue weighted by molar-refractivity contribution is 4.40. The molecule has 10 heavy (non-hydrogen) atoms. The summed E-state index contributed by atoms with van der Waals surface area (Å²) in [5.41, 5.74) is 0. The zero-order valence-electron chi connectivity index (χ0n) is 7.06. The zero-order valence-corrected chi connectivity index (χ0v) is 7.06. The Morgan fingerprint density at radius 1 is 0.700 bits per heavy atom. The van der Waals surface area contributed by atoms with Gasteiger partial charge in [-0.2, -0.15) is 0 Å². The molecular formula is C8H18O2. The molecule has 2 heteroatoms. The summed E-state index contributed by atoms with van der Waals surface area (Å²) in [6.45, 7) is 1.79. The molecule has 0 aliphatic carbocycles.